The van der Waals surface area contributed by atoms with Crippen molar-refractivity contribution in [1.82, 2.24) is 14.8 Å². The topological polar surface area (TPSA) is 77.0 Å². The maximum atomic E-state index is 12.8. The van der Waals surface area contributed by atoms with Gasteiger partial charge in [0.1, 0.15) is 11.4 Å². The van der Waals surface area contributed by atoms with E-state index >= 15 is 0 Å². The van der Waals surface area contributed by atoms with E-state index in [0.29, 0.717) is 17.9 Å². The molecular formula is C15H19N5OS. The third-order valence-corrected chi connectivity index (χ3v) is 5.02. The van der Waals surface area contributed by atoms with Gasteiger partial charge in [-0.1, -0.05) is 6.08 Å². The first kappa shape index (κ1) is 14.8. The van der Waals surface area contributed by atoms with Crippen molar-refractivity contribution >= 4 is 28.2 Å². The number of fused-ring (bicyclic) bond motifs is 1. The number of nitrogens with zero attached hydrogens (tertiary/aromatic N) is 4. The fourth-order valence-corrected chi connectivity index (χ4v) is 3.74. The maximum absolute atomic E-state index is 12.8. The summed E-state index contributed by atoms with van der Waals surface area (Å²) in [6, 6.07) is 0. The third kappa shape index (κ3) is 2.52. The predicted molar refractivity (Wildman–Crippen MR) is 88.2 cm³/mol. The van der Waals surface area contributed by atoms with Crippen molar-refractivity contribution in [2.24, 2.45) is 7.05 Å². The van der Waals surface area contributed by atoms with Crippen molar-refractivity contribution in [1.29, 1.82) is 0 Å². The molecule has 116 valence electrons. The fraction of sp³-hybridized carbons (Fsp3) is 0.400. The zero-order chi connectivity index (χ0) is 15.7. The van der Waals surface area contributed by atoms with Gasteiger partial charge in [0.15, 0.2) is 5.13 Å². The lowest BCUT2D eigenvalue weighted by Gasteiger charge is -2.17. The minimum absolute atomic E-state index is 0.184. The fourth-order valence-electron chi connectivity index (χ4n) is 2.59. The molecule has 0 aliphatic heterocycles. The molecule has 0 saturated heterocycles. The number of aromatic nitrogens is 3. The van der Waals surface area contributed by atoms with E-state index in [0.717, 1.165) is 23.7 Å². The molecule has 0 aromatic carbocycles. The summed E-state index contributed by atoms with van der Waals surface area (Å²) in [5, 5.41) is 4.76. The van der Waals surface area contributed by atoms with Gasteiger partial charge in [0.2, 0.25) is 0 Å². The van der Waals surface area contributed by atoms with Gasteiger partial charge in [-0.15, -0.1) is 17.9 Å². The third-order valence-electron chi connectivity index (χ3n) is 3.84. The summed E-state index contributed by atoms with van der Waals surface area (Å²) in [6.07, 6.45) is 7.61. The summed E-state index contributed by atoms with van der Waals surface area (Å²) in [5.74, 6) is 0.178. The van der Waals surface area contributed by atoms with Crippen molar-refractivity contribution in [3.63, 3.8) is 0 Å². The van der Waals surface area contributed by atoms with Crippen LogP contribution in [-0.2, 0) is 19.9 Å². The molecule has 7 heteroatoms. The Hall–Kier alpha value is -2.15. The Morgan fingerprint density at radius 3 is 2.95 bits per heavy atom. The van der Waals surface area contributed by atoms with Crippen LogP contribution in [0.5, 0.6) is 0 Å². The Kier molecular flexibility index (Phi) is 3.98. The zero-order valence-corrected chi connectivity index (χ0v) is 13.4. The number of hydrogen-bond acceptors (Lipinski definition) is 5. The number of carbonyl (C=O) groups excluding carboxylic acids is 1. The molecule has 0 atom stereocenters. The SMILES string of the molecule is C=CCN(C(=O)c1cnn(C)c1N)c1nc2c(s1)CCCC2. The Bertz CT molecular complexity index is 694. The summed E-state index contributed by atoms with van der Waals surface area (Å²) in [6.45, 7) is 4.14. The van der Waals surface area contributed by atoms with Crippen molar-refractivity contribution < 1.29 is 4.79 Å². The lowest BCUT2D eigenvalue weighted by molar-refractivity contribution is 0.0990. The molecule has 0 bridgehead atoms. The van der Waals surface area contributed by atoms with Crippen LogP contribution in [0.15, 0.2) is 18.9 Å². The molecule has 1 aliphatic carbocycles. The molecule has 2 aromatic heterocycles. The van der Waals surface area contributed by atoms with Crippen molar-refractivity contribution in [3.05, 3.63) is 35.0 Å². The molecule has 0 radical (unpaired) electrons. The number of thiazole rings is 1. The molecule has 3 rings (SSSR count). The molecular weight excluding hydrogens is 298 g/mol. The molecule has 0 fully saturated rings. The summed E-state index contributed by atoms with van der Waals surface area (Å²) < 4.78 is 1.49. The molecule has 0 saturated carbocycles. The first-order chi connectivity index (χ1) is 10.6. The number of amides is 1. The van der Waals surface area contributed by atoms with Gasteiger partial charge < -0.3 is 5.73 Å². The second kappa shape index (κ2) is 5.92. The summed E-state index contributed by atoms with van der Waals surface area (Å²) in [5.41, 5.74) is 7.46. The zero-order valence-electron chi connectivity index (χ0n) is 12.6. The van der Waals surface area contributed by atoms with E-state index in [1.807, 2.05) is 0 Å². The van der Waals surface area contributed by atoms with Crippen LogP contribution < -0.4 is 10.6 Å². The van der Waals surface area contributed by atoms with E-state index in [1.165, 1.54) is 28.6 Å². The van der Waals surface area contributed by atoms with E-state index in [9.17, 15) is 4.79 Å². The minimum Gasteiger partial charge on any atom is -0.383 e. The van der Waals surface area contributed by atoms with Crippen molar-refractivity contribution in [3.8, 4) is 0 Å². The molecule has 0 spiro atoms. The smallest absolute Gasteiger partial charge is 0.265 e. The number of nitrogens with two attached hydrogens (primary N) is 1. The number of carbonyl (C=O) groups is 1. The molecule has 2 heterocycles. The van der Waals surface area contributed by atoms with Gasteiger partial charge in [-0.25, -0.2) is 4.98 Å². The minimum atomic E-state index is -0.184. The van der Waals surface area contributed by atoms with Gasteiger partial charge in [-0.05, 0) is 25.7 Å². The highest BCUT2D eigenvalue weighted by molar-refractivity contribution is 7.16. The number of nitrogen functional groups attached to an aromatic ring is 1. The average molecular weight is 317 g/mol. The summed E-state index contributed by atoms with van der Waals surface area (Å²) >= 11 is 1.60. The van der Waals surface area contributed by atoms with Crippen LogP contribution in [0.4, 0.5) is 10.9 Å². The largest absolute Gasteiger partial charge is 0.383 e. The number of aryl methyl sites for hydroxylation is 3. The Morgan fingerprint density at radius 1 is 1.55 bits per heavy atom. The molecule has 0 unspecified atom stereocenters. The summed E-state index contributed by atoms with van der Waals surface area (Å²) in [7, 11) is 1.71. The van der Waals surface area contributed by atoms with Gasteiger partial charge in [-0.3, -0.25) is 14.4 Å². The van der Waals surface area contributed by atoms with E-state index < -0.39 is 0 Å². The highest BCUT2D eigenvalue weighted by Gasteiger charge is 2.25. The van der Waals surface area contributed by atoms with E-state index in [1.54, 1.807) is 29.4 Å². The predicted octanol–water partition coefficient (Wildman–Crippen LogP) is 2.17. The molecule has 1 amide bonds. The van der Waals surface area contributed by atoms with Gasteiger partial charge in [0.05, 0.1) is 11.9 Å². The van der Waals surface area contributed by atoms with Crippen LogP contribution in [-0.4, -0.2) is 27.2 Å². The van der Waals surface area contributed by atoms with E-state index in [2.05, 4.69) is 16.7 Å². The normalized spacial score (nSPS) is 13.7. The Morgan fingerprint density at radius 2 is 2.32 bits per heavy atom. The average Bonchev–Trinajstić information content (AvgIpc) is 3.08. The Balaban J connectivity index is 1.95. The second-order valence-electron chi connectivity index (χ2n) is 5.34. The van der Waals surface area contributed by atoms with E-state index in [4.69, 9.17) is 5.73 Å². The molecule has 22 heavy (non-hydrogen) atoms. The van der Waals surface area contributed by atoms with E-state index in [-0.39, 0.29) is 5.91 Å². The van der Waals surface area contributed by atoms with Crippen LogP contribution in [0.1, 0.15) is 33.8 Å². The lowest BCUT2D eigenvalue weighted by Crippen LogP contribution is -2.31. The van der Waals surface area contributed by atoms with Gasteiger partial charge in [-0.2, -0.15) is 5.10 Å². The molecule has 2 N–H and O–H groups in total. The number of hydrogen-bond donors (Lipinski definition) is 1. The van der Waals surface area contributed by atoms with Gasteiger partial charge in [0, 0.05) is 18.5 Å². The first-order valence-corrected chi connectivity index (χ1v) is 8.12. The van der Waals surface area contributed by atoms with Crippen LogP contribution in [0, 0.1) is 0 Å². The standard InChI is InChI=1S/C15H19N5OS/c1-3-8-20(14(21)10-9-17-19(2)13(10)16)15-18-11-6-4-5-7-12(11)22-15/h3,9H,1,4-8,16H2,2H3. The quantitative estimate of drug-likeness (QED) is 0.877. The number of rotatable bonds is 4. The van der Waals surface area contributed by atoms with Crippen molar-refractivity contribution in [2.75, 3.05) is 17.2 Å². The second-order valence-corrected chi connectivity index (χ2v) is 6.41. The van der Waals surface area contributed by atoms with Crippen LogP contribution in [0.3, 0.4) is 0 Å². The van der Waals surface area contributed by atoms with Gasteiger partial charge in [0.25, 0.3) is 5.91 Å². The highest BCUT2D eigenvalue weighted by Crippen LogP contribution is 2.32. The Labute approximate surface area is 133 Å². The highest BCUT2D eigenvalue weighted by atomic mass is 32.1. The van der Waals surface area contributed by atoms with Gasteiger partial charge >= 0.3 is 0 Å². The maximum Gasteiger partial charge on any atom is 0.265 e. The molecule has 6 nitrogen and oxygen atoms in total. The van der Waals surface area contributed by atoms with Crippen LogP contribution >= 0.6 is 11.3 Å². The molecule has 2 aromatic rings. The number of anilines is 2. The van der Waals surface area contributed by atoms with Crippen LogP contribution in [0.2, 0.25) is 0 Å². The summed E-state index contributed by atoms with van der Waals surface area (Å²) in [4.78, 5) is 20.4. The monoisotopic (exact) mass is 317 g/mol. The van der Waals surface area contributed by atoms with Crippen molar-refractivity contribution in [2.45, 2.75) is 25.7 Å². The van der Waals surface area contributed by atoms with Crippen LogP contribution in [0.25, 0.3) is 0 Å². The first-order valence-electron chi connectivity index (χ1n) is 7.30. The molecule has 1 aliphatic rings. The lowest BCUT2D eigenvalue weighted by atomic mass is 10.0.